The molecule has 0 unspecified atom stereocenters. The van der Waals surface area contributed by atoms with Crippen LogP contribution < -0.4 is 0 Å². The maximum Gasteiger partial charge on any atom is 0.213 e. The Balaban J connectivity index is 2.04. The summed E-state index contributed by atoms with van der Waals surface area (Å²) in [5.41, 5.74) is -6.67. The van der Waals surface area contributed by atoms with Gasteiger partial charge in [-0.25, -0.2) is 14.4 Å². The molecule has 0 fully saturated rings. The maximum atomic E-state index is 17.0. The molecule has 0 saturated carbocycles. The van der Waals surface area contributed by atoms with Crippen LogP contribution in [0.3, 0.4) is 0 Å². The van der Waals surface area contributed by atoms with Crippen LogP contribution in [-0.4, -0.2) is 9.97 Å². The fourth-order valence-electron chi connectivity index (χ4n) is 5.30. The van der Waals surface area contributed by atoms with Gasteiger partial charge in [-0.3, -0.25) is 0 Å². The molecule has 0 aliphatic heterocycles. The van der Waals surface area contributed by atoms with Crippen molar-refractivity contribution >= 4 is 33.4 Å². The Bertz CT molecular complexity index is 2410. The number of hydrogen-bond acceptors (Lipinski definition) is 10. The van der Waals surface area contributed by atoms with Crippen LogP contribution in [0.15, 0.2) is 41.7 Å². The van der Waals surface area contributed by atoms with Crippen LogP contribution >= 0.6 is 0 Å². The molecular weight excluding hydrogens is 581 g/mol. The number of rotatable bonds is 2. The highest BCUT2D eigenvalue weighted by Crippen LogP contribution is 2.56. The monoisotopic (exact) mass is 586 g/mol. The van der Waals surface area contributed by atoms with E-state index in [-0.39, 0.29) is 50.1 Å². The topological polar surface area (TPSA) is 216 Å². The molecule has 45 heavy (non-hydrogen) atoms. The first kappa shape index (κ1) is 28.7. The van der Waals surface area contributed by atoms with Gasteiger partial charge in [0, 0.05) is 74.6 Å². The lowest BCUT2D eigenvalue weighted by Crippen LogP contribution is -2.01. The van der Waals surface area contributed by atoms with Crippen molar-refractivity contribution in [1.82, 2.24) is 9.97 Å². The zero-order valence-electron chi connectivity index (χ0n) is 22.0. The molecule has 10 nitrogen and oxygen atoms in total. The van der Waals surface area contributed by atoms with Crippen LogP contribution in [0.2, 0.25) is 0 Å². The third-order valence-electron chi connectivity index (χ3n) is 7.00. The van der Waals surface area contributed by atoms with E-state index in [4.69, 9.17) is 0 Å². The van der Waals surface area contributed by atoms with Gasteiger partial charge < -0.3 is 0 Å². The van der Waals surface area contributed by atoms with Gasteiger partial charge in [-0.05, 0) is 11.6 Å². The summed E-state index contributed by atoms with van der Waals surface area (Å²) in [4.78, 5) is 6.82. The number of aromatic nitrogens is 2. The Morgan fingerprint density at radius 2 is 0.978 bits per heavy atom. The van der Waals surface area contributed by atoms with Crippen molar-refractivity contribution in [3.05, 3.63) is 104 Å². The summed E-state index contributed by atoms with van der Waals surface area (Å²) in [6.45, 7) is 0. The molecule has 0 atom stereocenters. The van der Waals surface area contributed by atoms with E-state index in [1.165, 1.54) is 0 Å². The Labute approximate surface area is 251 Å². The quantitative estimate of drug-likeness (QED) is 0.284. The van der Waals surface area contributed by atoms with E-state index in [1.807, 2.05) is 6.07 Å². The Morgan fingerprint density at radius 1 is 0.511 bits per heavy atom. The van der Waals surface area contributed by atoms with E-state index in [9.17, 15) is 50.9 Å². The highest BCUT2D eigenvalue weighted by atomic mass is 19.1. The summed E-state index contributed by atoms with van der Waals surface area (Å²) < 4.78 is 45.7. The molecule has 204 valence electrons. The van der Waals surface area contributed by atoms with Gasteiger partial charge in [0.2, 0.25) is 11.9 Å². The van der Waals surface area contributed by atoms with Gasteiger partial charge in [-0.15, -0.1) is 0 Å². The first-order valence-electron chi connectivity index (χ1n) is 12.1. The molecule has 3 aromatic rings. The maximum absolute atomic E-state index is 17.0. The molecule has 13 heteroatoms. The van der Waals surface area contributed by atoms with E-state index in [0.29, 0.717) is 0 Å². The highest BCUT2D eigenvalue weighted by Gasteiger charge is 2.41. The Morgan fingerprint density at radius 3 is 1.42 bits per heavy atom. The van der Waals surface area contributed by atoms with Crippen molar-refractivity contribution in [2.75, 3.05) is 0 Å². The van der Waals surface area contributed by atoms with Crippen molar-refractivity contribution in [3.63, 3.8) is 0 Å². The number of halogens is 3. The van der Waals surface area contributed by atoms with Crippen LogP contribution in [0.1, 0.15) is 44.5 Å². The molecule has 2 heterocycles. The normalized spacial score (nSPS) is 12.3. The van der Waals surface area contributed by atoms with Crippen molar-refractivity contribution < 1.29 is 13.2 Å². The summed E-state index contributed by atoms with van der Waals surface area (Å²) in [6, 6.07) is 16.3. The number of allylic oxidation sites excluding steroid dienone is 8. The Kier molecular flexibility index (Phi) is 6.94. The summed E-state index contributed by atoms with van der Waals surface area (Å²) in [5.74, 6) is -3.49. The molecule has 0 N–H and O–H groups in total. The minimum absolute atomic E-state index is 0.276. The molecule has 2 aliphatic carbocycles. The number of fused-ring (bicyclic) bond motifs is 2. The Hall–Kier alpha value is -7.81. The summed E-state index contributed by atoms with van der Waals surface area (Å²) >= 11 is 0. The molecule has 5 rings (SSSR count). The van der Waals surface area contributed by atoms with Crippen LogP contribution in [0.25, 0.3) is 33.4 Å². The second-order valence-corrected chi connectivity index (χ2v) is 9.04. The first-order chi connectivity index (χ1) is 21.7. The SMILES string of the molecule is N#CC(C#N)=C1C(c2cc(F)ncc2C#N)=C(C#N)c2c1cc1c(c2F)C(=C(C#N)C#N)C(c2cc(F)ncc2C#N)=C1C#N. The van der Waals surface area contributed by atoms with E-state index in [2.05, 4.69) is 9.97 Å². The molecule has 0 amide bonds. The molecule has 2 aromatic heterocycles. The minimum atomic E-state index is -1.29. The zero-order chi connectivity index (χ0) is 32.6. The number of pyridine rings is 2. The van der Waals surface area contributed by atoms with Gasteiger partial charge in [0.1, 0.15) is 65.5 Å². The van der Waals surface area contributed by atoms with Gasteiger partial charge in [0.25, 0.3) is 0 Å². The fourth-order valence-corrected chi connectivity index (χ4v) is 5.30. The number of nitrogens with zero attached hydrogens (tertiary/aromatic N) is 10. The van der Waals surface area contributed by atoms with Crippen LogP contribution in [0.4, 0.5) is 13.2 Å². The lowest BCUT2D eigenvalue weighted by atomic mass is 9.89. The average molecular weight is 586 g/mol. The molecule has 0 bridgehead atoms. The lowest BCUT2D eigenvalue weighted by Gasteiger charge is -2.13. The van der Waals surface area contributed by atoms with Crippen molar-refractivity contribution in [2.24, 2.45) is 0 Å². The van der Waals surface area contributed by atoms with Gasteiger partial charge in [-0.2, -0.15) is 50.9 Å². The van der Waals surface area contributed by atoms with Crippen molar-refractivity contribution in [1.29, 1.82) is 42.1 Å². The average Bonchev–Trinajstić information content (AvgIpc) is 3.55. The first-order valence-corrected chi connectivity index (χ1v) is 12.1. The number of nitriles is 8. The third kappa shape index (κ3) is 4.05. The summed E-state index contributed by atoms with van der Waals surface area (Å²) in [5, 5.41) is 79.3. The third-order valence-corrected chi connectivity index (χ3v) is 7.00. The van der Waals surface area contributed by atoms with Gasteiger partial charge >= 0.3 is 0 Å². The van der Waals surface area contributed by atoms with E-state index in [0.717, 1.165) is 30.6 Å². The van der Waals surface area contributed by atoms with Crippen molar-refractivity contribution in [2.45, 2.75) is 0 Å². The molecule has 0 spiro atoms. The number of benzene rings is 1. The standard InChI is InChI=1S/C32H5F3N10/c33-24-2-18(16(8-40)12-44-24)28-22(10-42)20-1-21-26(14(4-36)5-37)29(19-3-25(34)45-13-17(19)9-41)23(11-43)30(21)32(35)31(20)27(28)15(6-38)7-39/h1-3,12-13H. The predicted octanol–water partition coefficient (Wildman–Crippen LogP) is 5.13. The van der Waals surface area contributed by atoms with Crippen LogP contribution in [0, 0.1) is 108 Å². The molecule has 2 aliphatic rings. The molecule has 0 radical (unpaired) electrons. The molecule has 0 saturated heterocycles. The minimum Gasteiger partial charge on any atom is -0.227 e. The van der Waals surface area contributed by atoms with Gasteiger partial charge in [0.05, 0.1) is 22.3 Å². The zero-order valence-corrected chi connectivity index (χ0v) is 22.0. The smallest absolute Gasteiger partial charge is 0.213 e. The van der Waals surface area contributed by atoms with Gasteiger partial charge in [-0.1, -0.05) is 0 Å². The second kappa shape index (κ2) is 10.9. The van der Waals surface area contributed by atoms with E-state index in [1.54, 1.807) is 42.5 Å². The van der Waals surface area contributed by atoms with Crippen LogP contribution in [0.5, 0.6) is 0 Å². The fraction of sp³-hybridized carbons (Fsp3) is 0. The molecular formula is C32H5F3N10. The highest BCUT2D eigenvalue weighted by molar-refractivity contribution is 6.30. The van der Waals surface area contributed by atoms with Crippen LogP contribution in [-0.2, 0) is 0 Å². The predicted molar refractivity (Wildman–Crippen MR) is 145 cm³/mol. The van der Waals surface area contributed by atoms with E-state index < -0.39 is 56.7 Å². The summed E-state index contributed by atoms with van der Waals surface area (Å²) in [7, 11) is 0. The van der Waals surface area contributed by atoms with Crippen molar-refractivity contribution in [3.8, 4) is 48.6 Å². The number of hydrogen-bond donors (Lipinski definition) is 0. The van der Waals surface area contributed by atoms with E-state index >= 15 is 4.39 Å². The lowest BCUT2D eigenvalue weighted by molar-refractivity contribution is 0.582. The van der Waals surface area contributed by atoms with Gasteiger partial charge in [0.15, 0.2) is 0 Å². The largest absolute Gasteiger partial charge is 0.227 e. The molecule has 1 aromatic carbocycles. The summed E-state index contributed by atoms with van der Waals surface area (Å²) in [6.07, 6.45) is 1.69. The second-order valence-electron chi connectivity index (χ2n) is 9.04.